The number of benzene rings is 1. The maximum absolute atomic E-state index is 13.2. The SMILES string of the molecule is N#CC(C1=NC=CCN1C(F)(F)F)=C1Nc2ccc(C(=O)O)cc2N1. The summed E-state index contributed by atoms with van der Waals surface area (Å²) >= 11 is 0. The monoisotopic (exact) mass is 349 g/mol. The molecule has 2 heterocycles. The Morgan fingerprint density at radius 3 is 2.68 bits per heavy atom. The highest BCUT2D eigenvalue weighted by atomic mass is 19.4. The minimum Gasteiger partial charge on any atom is -0.478 e. The Balaban J connectivity index is 2.01. The number of hydrogen-bond donors (Lipinski definition) is 3. The van der Waals surface area contributed by atoms with Crippen molar-refractivity contribution >= 4 is 23.2 Å². The summed E-state index contributed by atoms with van der Waals surface area (Å²) in [4.78, 5) is 14.7. The van der Waals surface area contributed by atoms with Crippen molar-refractivity contribution in [3.8, 4) is 6.07 Å². The second kappa shape index (κ2) is 5.86. The minimum absolute atomic E-state index is 0.00247. The van der Waals surface area contributed by atoms with Gasteiger partial charge in [0.15, 0.2) is 5.84 Å². The number of nitrogens with zero attached hydrogens (tertiary/aromatic N) is 3. The Morgan fingerprint density at radius 2 is 2.04 bits per heavy atom. The van der Waals surface area contributed by atoms with Gasteiger partial charge in [-0.3, -0.25) is 4.90 Å². The lowest BCUT2D eigenvalue weighted by Crippen LogP contribution is -2.45. The maximum Gasteiger partial charge on any atom is 0.486 e. The molecule has 0 radical (unpaired) electrons. The van der Waals surface area contributed by atoms with Crippen LogP contribution in [-0.2, 0) is 0 Å². The molecule has 3 N–H and O–H groups in total. The van der Waals surface area contributed by atoms with Gasteiger partial charge in [-0.05, 0) is 24.3 Å². The molecular weight excluding hydrogens is 339 g/mol. The molecule has 0 fully saturated rings. The van der Waals surface area contributed by atoms with Gasteiger partial charge in [0.05, 0.1) is 16.9 Å². The van der Waals surface area contributed by atoms with Crippen LogP contribution in [0.4, 0.5) is 24.5 Å². The summed E-state index contributed by atoms with van der Waals surface area (Å²) in [6.07, 6.45) is -2.28. The van der Waals surface area contributed by atoms with E-state index < -0.39 is 24.6 Å². The minimum atomic E-state index is -4.70. The highest BCUT2D eigenvalue weighted by molar-refractivity contribution is 6.05. The number of carboxylic acid groups (broad SMARTS) is 1. The van der Waals surface area contributed by atoms with Crippen LogP contribution >= 0.6 is 0 Å². The number of halogens is 3. The second-order valence-electron chi connectivity index (χ2n) is 5.09. The van der Waals surface area contributed by atoms with E-state index in [1.807, 2.05) is 0 Å². The number of rotatable bonds is 2. The number of nitrogens with one attached hydrogen (secondary N) is 2. The summed E-state index contributed by atoms with van der Waals surface area (Å²) < 4.78 is 39.5. The van der Waals surface area contributed by atoms with Crippen molar-refractivity contribution in [1.29, 1.82) is 5.26 Å². The molecule has 0 bridgehead atoms. The van der Waals surface area contributed by atoms with Crippen LogP contribution in [0.25, 0.3) is 0 Å². The third kappa shape index (κ3) is 2.99. The van der Waals surface area contributed by atoms with Gasteiger partial charge in [0.2, 0.25) is 0 Å². The summed E-state index contributed by atoms with van der Waals surface area (Å²) in [6.45, 7) is -0.461. The molecule has 0 aromatic heterocycles. The summed E-state index contributed by atoms with van der Waals surface area (Å²) in [5.74, 6) is -1.69. The summed E-state index contributed by atoms with van der Waals surface area (Å²) in [7, 11) is 0. The molecule has 3 rings (SSSR count). The van der Waals surface area contributed by atoms with Gasteiger partial charge >= 0.3 is 12.3 Å². The highest BCUT2D eigenvalue weighted by Gasteiger charge is 2.41. The molecule has 0 saturated heterocycles. The molecule has 0 unspecified atom stereocenters. The van der Waals surface area contributed by atoms with Crippen LogP contribution in [0.1, 0.15) is 10.4 Å². The lowest BCUT2D eigenvalue weighted by molar-refractivity contribution is -0.214. The molecule has 0 atom stereocenters. The summed E-state index contributed by atoms with van der Waals surface area (Å²) in [5.41, 5.74) is 0.448. The van der Waals surface area contributed by atoms with Crippen LogP contribution in [-0.4, -0.2) is 34.7 Å². The van der Waals surface area contributed by atoms with Gasteiger partial charge in [0.25, 0.3) is 0 Å². The number of fused-ring (bicyclic) bond motifs is 1. The first-order chi connectivity index (χ1) is 11.8. The molecule has 0 saturated carbocycles. The average Bonchev–Trinajstić information content (AvgIpc) is 2.97. The molecule has 1 aromatic rings. The van der Waals surface area contributed by atoms with Crippen molar-refractivity contribution in [2.45, 2.75) is 6.30 Å². The molecule has 0 spiro atoms. The zero-order valence-electron chi connectivity index (χ0n) is 12.4. The van der Waals surface area contributed by atoms with Crippen LogP contribution < -0.4 is 10.6 Å². The molecule has 1 aromatic carbocycles. The van der Waals surface area contributed by atoms with E-state index in [1.54, 1.807) is 6.07 Å². The van der Waals surface area contributed by atoms with Crippen LogP contribution in [0.15, 0.2) is 46.9 Å². The van der Waals surface area contributed by atoms with E-state index in [4.69, 9.17) is 5.11 Å². The van der Waals surface area contributed by atoms with Gasteiger partial charge in [-0.25, -0.2) is 9.79 Å². The number of amidine groups is 1. The van der Waals surface area contributed by atoms with Crippen molar-refractivity contribution < 1.29 is 23.1 Å². The number of nitriles is 1. The van der Waals surface area contributed by atoms with E-state index in [2.05, 4.69) is 15.6 Å². The first-order valence-electron chi connectivity index (χ1n) is 6.94. The van der Waals surface area contributed by atoms with Gasteiger partial charge in [0, 0.05) is 12.7 Å². The van der Waals surface area contributed by atoms with Crippen molar-refractivity contribution in [3.63, 3.8) is 0 Å². The number of aromatic carboxylic acids is 1. The molecule has 25 heavy (non-hydrogen) atoms. The molecule has 0 aliphatic carbocycles. The van der Waals surface area contributed by atoms with E-state index in [0.717, 1.165) is 0 Å². The number of aliphatic imine (C=N–C) groups is 1. The predicted octanol–water partition coefficient (Wildman–Crippen LogP) is 2.70. The van der Waals surface area contributed by atoms with Crippen molar-refractivity contribution in [2.24, 2.45) is 4.99 Å². The first kappa shape index (κ1) is 16.4. The Hall–Kier alpha value is -3.48. The Kier molecular flexibility index (Phi) is 3.84. The fourth-order valence-corrected chi connectivity index (χ4v) is 2.39. The van der Waals surface area contributed by atoms with Crippen LogP contribution in [0.2, 0.25) is 0 Å². The average molecular weight is 349 g/mol. The van der Waals surface area contributed by atoms with Crippen molar-refractivity contribution in [3.05, 3.63) is 47.4 Å². The quantitative estimate of drug-likeness (QED) is 0.561. The van der Waals surface area contributed by atoms with E-state index in [1.165, 1.54) is 30.5 Å². The molecule has 2 aliphatic rings. The molecular formula is C15H10F3N5O2. The summed E-state index contributed by atoms with van der Waals surface area (Å²) in [5, 5.41) is 23.9. The number of carboxylic acids is 1. The number of anilines is 2. The highest BCUT2D eigenvalue weighted by Crippen LogP contribution is 2.34. The van der Waals surface area contributed by atoms with Gasteiger partial charge in [-0.15, -0.1) is 0 Å². The first-order valence-corrected chi connectivity index (χ1v) is 6.94. The number of alkyl halides is 3. The smallest absolute Gasteiger partial charge is 0.478 e. The fourth-order valence-electron chi connectivity index (χ4n) is 2.39. The fraction of sp³-hybridized carbons (Fsp3) is 0.133. The Morgan fingerprint density at radius 1 is 1.32 bits per heavy atom. The topological polar surface area (TPSA) is 101 Å². The second-order valence-corrected chi connectivity index (χ2v) is 5.09. The molecule has 2 aliphatic heterocycles. The number of carbonyl (C=O) groups is 1. The molecule has 128 valence electrons. The van der Waals surface area contributed by atoms with E-state index in [9.17, 15) is 23.2 Å². The normalized spacial score (nSPS) is 17.8. The third-order valence-electron chi connectivity index (χ3n) is 3.52. The van der Waals surface area contributed by atoms with Crippen LogP contribution in [0, 0.1) is 11.3 Å². The largest absolute Gasteiger partial charge is 0.486 e. The summed E-state index contributed by atoms with van der Waals surface area (Å²) in [6, 6.07) is 5.83. The van der Waals surface area contributed by atoms with Crippen molar-refractivity contribution in [1.82, 2.24) is 4.90 Å². The lowest BCUT2D eigenvalue weighted by Gasteiger charge is -2.28. The predicted molar refractivity (Wildman–Crippen MR) is 82.6 cm³/mol. The Bertz CT molecular complexity index is 880. The standard InChI is InChI=1S/C15H10F3N5O2/c16-15(17,18)23-5-1-4-20-13(23)9(7-19)12-21-10-3-2-8(14(24)25)6-11(10)22-12/h1-4,6,21-22H,5H2,(H,24,25). The Labute approximate surface area is 139 Å². The molecule has 10 heteroatoms. The lowest BCUT2D eigenvalue weighted by atomic mass is 10.2. The van der Waals surface area contributed by atoms with Gasteiger partial charge in [-0.2, -0.15) is 18.4 Å². The molecule has 7 nitrogen and oxygen atoms in total. The van der Waals surface area contributed by atoms with Gasteiger partial charge in [0.1, 0.15) is 17.5 Å². The van der Waals surface area contributed by atoms with Crippen molar-refractivity contribution in [2.75, 3.05) is 17.2 Å². The van der Waals surface area contributed by atoms with E-state index in [-0.39, 0.29) is 21.9 Å². The van der Waals surface area contributed by atoms with Gasteiger partial charge < -0.3 is 15.7 Å². The van der Waals surface area contributed by atoms with E-state index >= 15 is 0 Å². The zero-order valence-corrected chi connectivity index (χ0v) is 12.4. The maximum atomic E-state index is 13.2. The number of hydrogen-bond acceptors (Lipinski definition) is 6. The zero-order chi connectivity index (χ0) is 18.2. The third-order valence-corrected chi connectivity index (χ3v) is 3.52. The van der Waals surface area contributed by atoms with Crippen LogP contribution in [0.5, 0.6) is 0 Å². The molecule has 0 amide bonds. The van der Waals surface area contributed by atoms with E-state index in [0.29, 0.717) is 11.4 Å². The van der Waals surface area contributed by atoms with Crippen LogP contribution in [0.3, 0.4) is 0 Å². The van der Waals surface area contributed by atoms with Gasteiger partial charge in [-0.1, -0.05) is 0 Å².